The smallest absolute Gasteiger partial charge is 0.126 e. The van der Waals surface area contributed by atoms with Crippen LogP contribution in [0.4, 0.5) is 4.39 Å². The van der Waals surface area contributed by atoms with E-state index in [2.05, 4.69) is 15.6 Å². The monoisotopic (exact) mass is 234 g/mol. The van der Waals surface area contributed by atoms with E-state index in [1.54, 1.807) is 16.8 Å². The number of aromatic nitrogens is 3. The van der Waals surface area contributed by atoms with Gasteiger partial charge < -0.3 is 5.32 Å². The van der Waals surface area contributed by atoms with Gasteiger partial charge in [0.1, 0.15) is 5.82 Å². The van der Waals surface area contributed by atoms with Crippen LogP contribution in [0.2, 0.25) is 0 Å². The number of hydrogen-bond donors (Lipinski definition) is 1. The summed E-state index contributed by atoms with van der Waals surface area (Å²) in [7, 11) is 1.83. The third-order valence-electron chi connectivity index (χ3n) is 2.49. The molecule has 17 heavy (non-hydrogen) atoms. The Kier molecular flexibility index (Phi) is 3.82. The maximum atomic E-state index is 13.3. The first kappa shape index (κ1) is 11.7. The summed E-state index contributed by atoms with van der Waals surface area (Å²) < 4.78 is 15.0. The van der Waals surface area contributed by atoms with Gasteiger partial charge in [-0.15, -0.1) is 5.10 Å². The van der Waals surface area contributed by atoms with E-state index in [9.17, 15) is 4.39 Å². The number of aryl methyl sites for hydroxylation is 1. The molecule has 0 aliphatic carbocycles. The van der Waals surface area contributed by atoms with E-state index in [0.29, 0.717) is 13.0 Å². The Bertz CT molecular complexity index is 481. The molecule has 5 heteroatoms. The van der Waals surface area contributed by atoms with E-state index in [4.69, 9.17) is 0 Å². The van der Waals surface area contributed by atoms with Crippen LogP contribution in [-0.2, 0) is 20.0 Å². The van der Waals surface area contributed by atoms with Crippen molar-refractivity contribution in [3.05, 3.63) is 47.5 Å². The standard InChI is InChI=1S/C12H15FN4/c1-17-9-11(15-16-17)8-14-7-6-10-4-2-3-5-12(10)13/h2-5,9,14H,6-8H2,1H3. The second kappa shape index (κ2) is 5.54. The molecule has 2 rings (SSSR count). The van der Waals surface area contributed by atoms with Gasteiger partial charge in [0, 0.05) is 19.8 Å². The molecule has 0 atom stereocenters. The van der Waals surface area contributed by atoms with Gasteiger partial charge in [-0.05, 0) is 24.6 Å². The molecular formula is C12H15FN4. The highest BCUT2D eigenvalue weighted by atomic mass is 19.1. The maximum absolute atomic E-state index is 13.3. The van der Waals surface area contributed by atoms with Gasteiger partial charge in [0.05, 0.1) is 5.69 Å². The zero-order chi connectivity index (χ0) is 12.1. The molecule has 0 bridgehead atoms. The molecular weight excluding hydrogens is 219 g/mol. The fourth-order valence-electron chi connectivity index (χ4n) is 1.62. The summed E-state index contributed by atoms with van der Waals surface area (Å²) in [6.45, 7) is 1.37. The molecule has 90 valence electrons. The molecule has 0 amide bonds. The quantitative estimate of drug-likeness (QED) is 0.793. The Morgan fingerprint density at radius 1 is 1.35 bits per heavy atom. The fourth-order valence-corrected chi connectivity index (χ4v) is 1.62. The van der Waals surface area contributed by atoms with Crippen LogP contribution in [0.25, 0.3) is 0 Å². The zero-order valence-electron chi connectivity index (χ0n) is 9.73. The van der Waals surface area contributed by atoms with Crippen LogP contribution in [0.15, 0.2) is 30.5 Å². The minimum Gasteiger partial charge on any atom is -0.311 e. The molecule has 1 aromatic heterocycles. The van der Waals surface area contributed by atoms with Gasteiger partial charge in [0.15, 0.2) is 0 Å². The Labute approximate surface area is 99.5 Å². The highest BCUT2D eigenvalue weighted by Crippen LogP contribution is 2.06. The van der Waals surface area contributed by atoms with E-state index in [-0.39, 0.29) is 5.82 Å². The maximum Gasteiger partial charge on any atom is 0.126 e. The number of halogens is 1. The summed E-state index contributed by atoms with van der Waals surface area (Å²) in [5.41, 5.74) is 1.63. The molecule has 0 saturated carbocycles. The molecule has 1 aromatic carbocycles. The first-order valence-corrected chi connectivity index (χ1v) is 5.55. The van der Waals surface area contributed by atoms with Crippen LogP contribution in [0.5, 0.6) is 0 Å². The Morgan fingerprint density at radius 2 is 2.18 bits per heavy atom. The van der Waals surface area contributed by atoms with Crippen molar-refractivity contribution in [2.24, 2.45) is 7.05 Å². The summed E-state index contributed by atoms with van der Waals surface area (Å²) in [5.74, 6) is -0.145. The molecule has 0 saturated heterocycles. The lowest BCUT2D eigenvalue weighted by Crippen LogP contribution is -2.17. The molecule has 0 aliphatic heterocycles. The number of hydrogen-bond acceptors (Lipinski definition) is 3. The van der Waals surface area contributed by atoms with Crippen molar-refractivity contribution >= 4 is 0 Å². The zero-order valence-corrected chi connectivity index (χ0v) is 9.73. The van der Waals surface area contributed by atoms with Crippen LogP contribution < -0.4 is 5.32 Å². The molecule has 0 unspecified atom stereocenters. The van der Waals surface area contributed by atoms with Crippen molar-refractivity contribution in [2.45, 2.75) is 13.0 Å². The topological polar surface area (TPSA) is 42.7 Å². The molecule has 0 aliphatic rings. The lowest BCUT2D eigenvalue weighted by atomic mass is 10.1. The second-order valence-corrected chi connectivity index (χ2v) is 3.90. The van der Waals surface area contributed by atoms with Crippen molar-refractivity contribution < 1.29 is 4.39 Å². The van der Waals surface area contributed by atoms with Crippen molar-refractivity contribution in [3.63, 3.8) is 0 Å². The number of nitrogens with one attached hydrogen (secondary N) is 1. The number of nitrogens with zero attached hydrogens (tertiary/aromatic N) is 3. The van der Waals surface area contributed by atoms with E-state index in [1.807, 2.05) is 19.3 Å². The van der Waals surface area contributed by atoms with Crippen molar-refractivity contribution in [1.29, 1.82) is 0 Å². The van der Waals surface area contributed by atoms with Crippen LogP contribution in [0, 0.1) is 5.82 Å². The molecule has 1 N–H and O–H groups in total. The van der Waals surface area contributed by atoms with Crippen LogP contribution in [0.1, 0.15) is 11.3 Å². The van der Waals surface area contributed by atoms with Gasteiger partial charge in [-0.3, -0.25) is 4.68 Å². The molecule has 0 spiro atoms. The van der Waals surface area contributed by atoms with Crippen LogP contribution >= 0.6 is 0 Å². The highest BCUT2D eigenvalue weighted by molar-refractivity contribution is 5.17. The average Bonchev–Trinajstić information content (AvgIpc) is 2.73. The number of benzene rings is 1. The third-order valence-corrected chi connectivity index (χ3v) is 2.49. The summed E-state index contributed by atoms with van der Waals surface area (Å²) in [6.07, 6.45) is 2.53. The summed E-state index contributed by atoms with van der Waals surface area (Å²) in [4.78, 5) is 0. The largest absolute Gasteiger partial charge is 0.311 e. The van der Waals surface area contributed by atoms with E-state index < -0.39 is 0 Å². The average molecular weight is 234 g/mol. The van der Waals surface area contributed by atoms with Gasteiger partial charge in [-0.1, -0.05) is 23.4 Å². The lowest BCUT2D eigenvalue weighted by Gasteiger charge is -2.03. The van der Waals surface area contributed by atoms with Crippen molar-refractivity contribution in [1.82, 2.24) is 20.3 Å². The lowest BCUT2D eigenvalue weighted by molar-refractivity contribution is 0.596. The Balaban J connectivity index is 1.75. The molecule has 1 heterocycles. The van der Waals surface area contributed by atoms with Gasteiger partial charge >= 0.3 is 0 Å². The second-order valence-electron chi connectivity index (χ2n) is 3.90. The molecule has 4 nitrogen and oxygen atoms in total. The first-order chi connectivity index (χ1) is 8.25. The van der Waals surface area contributed by atoms with E-state index in [0.717, 1.165) is 17.8 Å². The minimum absolute atomic E-state index is 0.145. The van der Waals surface area contributed by atoms with Gasteiger partial charge in [0.2, 0.25) is 0 Å². The predicted molar refractivity (Wildman–Crippen MR) is 62.8 cm³/mol. The van der Waals surface area contributed by atoms with Crippen molar-refractivity contribution in [2.75, 3.05) is 6.54 Å². The van der Waals surface area contributed by atoms with Gasteiger partial charge in [-0.25, -0.2) is 4.39 Å². The molecule has 2 aromatic rings. The summed E-state index contributed by atoms with van der Waals surface area (Å²) in [5, 5.41) is 11.0. The summed E-state index contributed by atoms with van der Waals surface area (Å²) in [6, 6.07) is 6.84. The van der Waals surface area contributed by atoms with E-state index >= 15 is 0 Å². The SMILES string of the molecule is Cn1cc(CNCCc2ccccc2F)nn1. The highest BCUT2D eigenvalue weighted by Gasteiger charge is 2.01. The Hall–Kier alpha value is -1.75. The van der Waals surface area contributed by atoms with Gasteiger partial charge in [-0.2, -0.15) is 0 Å². The third kappa shape index (κ3) is 3.35. The fraction of sp³-hybridized carbons (Fsp3) is 0.333. The summed E-state index contributed by atoms with van der Waals surface area (Å²) >= 11 is 0. The number of rotatable bonds is 5. The van der Waals surface area contributed by atoms with Crippen LogP contribution in [-0.4, -0.2) is 21.5 Å². The van der Waals surface area contributed by atoms with Gasteiger partial charge in [0.25, 0.3) is 0 Å². The molecule has 0 fully saturated rings. The first-order valence-electron chi connectivity index (χ1n) is 5.55. The minimum atomic E-state index is -0.145. The van der Waals surface area contributed by atoms with Crippen LogP contribution in [0.3, 0.4) is 0 Å². The van der Waals surface area contributed by atoms with E-state index in [1.165, 1.54) is 6.07 Å². The molecule has 0 radical (unpaired) electrons. The Morgan fingerprint density at radius 3 is 2.88 bits per heavy atom. The predicted octanol–water partition coefficient (Wildman–Crippen LogP) is 1.29. The van der Waals surface area contributed by atoms with Crippen molar-refractivity contribution in [3.8, 4) is 0 Å². The normalized spacial score (nSPS) is 10.7.